The molecule has 0 saturated carbocycles. The number of ether oxygens (including phenoxy) is 1. The number of benzene rings is 1. The SMILES string of the molecule is CN(CC1CCN(CC(=O)N2CCc3[nH]c4ccccc4c3C2)CC1)C(=O)OC(C)(C)C. The van der Waals surface area contributed by atoms with Gasteiger partial charge in [0, 0.05) is 55.3 Å². The van der Waals surface area contributed by atoms with Crippen LogP contribution in [0.5, 0.6) is 0 Å². The third kappa shape index (κ3) is 5.26. The molecule has 1 saturated heterocycles. The Morgan fingerprint density at radius 3 is 2.59 bits per heavy atom. The van der Waals surface area contributed by atoms with Crippen molar-refractivity contribution in [2.24, 2.45) is 5.92 Å². The van der Waals surface area contributed by atoms with E-state index in [1.807, 2.05) is 31.7 Å². The van der Waals surface area contributed by atoms with Crippen LogP contribution < -0.4 is 0 Å². The molecule has 2 aliphatic rings. The largest absolute Gasteiger partial charge is 0.444 e. The standard InChI is InChI=1S/C25H36N4O3/c1-25(2,3)32-24(31)27(4)15-18-9-12-28(13-10-18)17-23(30)29-14-11-22-20(16-29)19-7-5-6-8-21(19)26-22/h5-8,18,26H,9-17H2,1-4H3. The maximum atomic E-state index is 13.0. The number of aromatic amines is 1. The molecule has 32 heavy (non-hydrogen) atoms. The van der Waals surface area contributed by atoms with Gasteiger partial charge in [-0.05, 0) is 58.7 Å². The highest BCUT2D eigenvalue weighted by Gasteiger charge is 2.28. The van der Waals surface area contributed by atoms with Crippen LogP contribution in [-0.4, -0.2) is 77.1 Å². The Morgan fingerprint density at radius 2 is 1.88 bits per heavy atom. The van der Waals surface area contributed by atoms with E-state index in [2.05, 4.69) is 28.1 Å². The number of aromatic nitrogens is 1. The molecule has 1 N–H and O–H groups in total. The molecule has 174 valence electrons. The number of rotatable bonds is 4. The van der Waals surface area contributed by atoms with Crippen LogP contribution in [0.2, 0.25) is 0 Å². The quantitative estimate of drug-likeness (QED) is 0.788. The minimum atomic E-state index is -0.475. The van der Waals surface area contributed by atoms with Crippen molar-refractivity contribution in [3.63, 3.8) is 0 Å². The van der Waals surface area contributed by atoms with Gasteiger partial charge in [0.25, 0.3) is 0 Å². The first kappa shape index (κ1) is 22.6. The topological polar surface area (TPSA) is 68.9 Å². The molecule has 0 unspecified atom stereocenters. The highest BCUT2D eigenvalue weighted by molar-refractivity contribution is 5.86. The molecule has 0 aliphatic carbocycles. The lowest BCUT2D eigenvalue weighted by Gasteiger charge is -2.35. The van der Waals surface area contributed by atoms with Crippen LogP contribution in [0, 0.1) is 5.92 Å². The van der Waals surface area contributed by atoms with Gasteiger partial charge in [0.1, 0.15) is 5.60 Å². The van der Waals surface area contributed by atoms with Crippen molar-refractivity contribution in [3.8, 4) is 0 Å². The van der Waals surface area contributed by atoms with Gasteiger partial charge in [-0.2, -0.15) is 0 Å². The summed E-state index contributed by atoms with van der Waals surface area (Å²) in [6.45, 7) is 10.1. The number of carbonyl (C=O) groups excluding carboxylic acids is 2. The summed E-state index contributed by atoms with van der Waals surface area (Å²) < 4.78 is 5.45. The second-order valence-electron chi connectivity index (χ2n) is 10.3. The van der Waals surface area contributed by atoms with E-state index < -0.39 is 5.60 Å². The molecule has 1 aromatic carbocycles. The van der Waals surface area contributed by atoms with Crippen molar-refractivity contribution in [1.82, 2.24) is 19.7 Å². The van der Waals surface area contributed by atoms with Crippen molar-refractivity contribution < 1.29 is 14.3 Å². The summed E-state index contributed by atoms with van der Waals surface area (Å²) in [6.07, 6.45) is 2.60. The van der Waals surface area contributed by atoms with Gasteiger partial charge >= 0.3 is 6.09 Å². The first-order chi connectivity index (χ1) is 15.2. The fourth-order valence-electron chi connectivity index (χ4n) is 4.80. The number of H-pyrrole nitrogens is 1. The van der Waals surface area contributed by atoms with Gasteiger partial charge in [-0.25, -0.2) is 4.79 Å². The minimum absolute atomic E-state index is 0.213. The van der Waals surface area contributed by atoms with Gasteiger partial charge in [0.15, 0.2) is 0 Å². The molecule has 7 nitrogen and oxygen atoms in total. The van der Waals surface area contributed by atoms with Crippen LogP contribution in [0.1, 0.15) is 44.9 Å². The Labute approximate surface area is 190 Å². The molecule has 2 aromatic rings. The lowest BCUT2D eigenvalue weighted by Crippen LogP contribution is -2.46. The van der Waals surface area contributed by atoms with Crippen LogP contribution in [0.3, 0.4) is 0 Å². The Kier molecular flexibility index (Phi) is 6.47. The first-order valence-electron chi connectivity index (χ1n) is 11.7. The predicted molar refractivity (Wildman–Crippen MR) is 125 cm³/mol. The third-order valence-corrected chi connectivity index (χ3v) is 6.54. The molecule has 7 heteroatoms. The second kappa shape index (κ2) is 9.14. The zero-order chi connectivity index (χ0) is 22.9. The van der Waals surface area contributed by atoms with Gasteiger partial charge in [-0.3, -0.25) is 9.69 Å². The molecule has 3 heterocycles. The number of para-hydroxylation sites is 1. The minimum Gasteiger partial charge on any atom is -0.444 e. The van der Waals surface area contributed by atoms with E-state index in [4.69, 9.17) is 4.74 Å². The zero-order valence-corrected chi connectivity index (χ0v) is 19.8. The molecule has 1 fully saturated rings. The molecule has 1 aromatic heterocycles. The summed E-state index contributed by atoms with van der Waals surface area (Å²) in [7, 11) is 1.80. The molecule has 2 aliphatic heterocycles. The first-order valence-corrected chi connectivity index (χ1v) is 11.7. The number of fused-ring (bicyclic) bond motifs is 3. The Bertz CT molecular complexity index is 969. The van der Waals surface area contributed by atoms with E-state index in [0.29, 0.717) is 25.6 Å². The Balaban J connectivity index is 1.25. The lowest BCUT2D eigenvalue weighted by molar-refractivity contribution is -0.133. The average molecular weight is 441 g/mol. The van der Waals surface area contributed by atoms with Crippen LogP contribution in [0.15, 0.2) is 24.3 Å². The molecule has 0 bridgehead atoms. The molecule has 0 atom stereocenters. The molecular formula is C25H36N4O3. The van der Waals surface area contributed by atoms with Crippen LogP contribution in [0.25, 0.3) is 10.9 Å². The summed E-state index contributed by atoms with van der Waals surface area (Å²) in [6, 6.07) is 8.34. The van der Waals surface area contributed by atoms with E-state index >= 15 is 0 Å². The smallest absolute Gasteiger partial charge is 0.410 e. The molecule has 2 amide bonds. The average Bonchev–Trinajstić information content (AvgIpc) is 3.11. The molecular weight excluding hydrogens is 404 g/mol. The summed E-state index contributed by atoms with van der Waals surface area (Å²) in [5, 5.41) is 1.23. The van der Waals surface area contributed by atoms with Gasteiger partial charge in [-0.15, -0.1) is 0 Å². The van der Waals surface area contributed by atoms with Crippen LogP contribution >= 0.6 is 0 Å². The number of nitrogens with zero attached hydrogens (tertiary/aromatic N) is 3. The van der Waals surface area contributed by atoms with Gasteiger partial charge in [-0.1, -0.05) is 18.2 Å². The van der Waals surface area contributed by atoms with E-state index in [0.717, 1.165) is 44.4 Å². The van der Waals surface area contributed by atoms with E-state index in [-0.39, 0.29) is 12.0 Å². The Hall–Kier alpha value is -2.54. The number of piperidine rings is 1. The summed E-state index contributed by atoms with van der Waals surface area (Å²) in [5.74, 6) is 0.660. The summed E-state index contributed by atoms with van der Waals surface area (Å²) in [5.41, 5.74) is 3.22. The summed E-state index contributed by atoms with van der Waals surface area (Å²) >= 11 is 0. The highest BCUT2D eigenvalue weighted by Crippen LogP contribution is 2.28. The fraction of sp³-hybridized carbons (Fsp3) is 0.600. The number of hydrogen-bond donors (Lipinski definition) is 1. The molecule has 0 spiro atoms. The van der Waals surface area contributed by atoms with E-state index in [1.165, 1.54) is 16.6 Å². The second-order valence-corrected chi connectivity index (χ2v) is 10.3. The van der Waals surface area contributed by atoms with Gasteiger partial charge < -0.3 is 19.5 Å². The van der Waals surface area contributed by atoms with Crippen LogP contribution in [-0.2, 0) is 22.5 Å². The number of amides is 2. The maximum absolute atomic E-state index is 13.0. The van der Waals surface area contributed by atoms with Crippen molar-refractivity contribution in [1.29, 1.82) is 0 Å². The van der Waals surface area contributed by atoms with E-state index in [9.17, 15) is 9.59 Å². The molecule has 4 rings (SSSR count). The fourth-order valence-corrected chi connectivity index (χ4v) is 4.80. The predicted octanol–water partition coefficient (Wildman–Crippen LogP) is 3.63. The number of hydrogen-bond acceptors (Lipinski definition) is 4. The maximum Gasteiger partial charge on any atom is 0.410 e. The normalized spacial score (nSPS) is 17.9. The highest BCUT2D eigenvalue weighted by atomic mass is 16.6. The number of carbonyl (C=O) groups is 2. The summed E-state index contributed by atoms with van der Waals surface area (Å²) in [4.78, 5) is 34.7. The van der Waals surface area contributed by atoms with Gasteiger partial charge in [0.05, 0.1) is 6.54 Å². The molecule has 0 radical (unpaired) electrons. The third-order valence-electron chi connectivity index (χ3n) is 6.54. The van der Waals surface area contributed by atoms with Crippen LogP contribution in [0.4, 0.5) is 4.79 Å². The van der Waals surface area contributed by atoms with Crippen molar-refractivity contribution in [2.45, 2.75) is 52.2 Å². The van der Waals surface area contributed by atoms with E-state index in [1.54, 1.807) is 11.9 Å². The van der Waals surface area contributed by atoms with Crippen molar-refractivity contribution in [3.05, 3.63) is 35.5 Å². The number of nitrogens with one attached hydrogen (secondary N) is 1. The van der Waals surface area contributed by atoms with Crippen molar-refractivity contribution >= 4 is 22.9 Å². The monoisotopic (exact) mass is 440 g/mol. The van der Waals surface area contributed by atoms with Gasteiger partial charge in [0.2, 0.25) is 5.91 Å². The van der Waals surface area contributed by atoms with Crippen molar-refractivity contribution in [2.75, 3.05) is 39.8 Å². The Morgan fingerprint density at radius 1 is 1.16 bits per heavy atom. The lowest BCUT2D eigenvalue weighted by atomic mass is 9.96. The zero-order valence-electron chi connectivity index (χ0n) is 19.8. The number of likely N-dealkylation sites (tertiary alicyclic amines) is 1.